The van der Waals surface area contributed by atoms with Gasteiger partial charge in [0.05, 0.1) is 24.6 Å². The van der Waals surface area contributed by atoms with Crippen molar-refractivity contribution < 1.29 is 19.1 Å². The van der Waals surface area contributed by atoms with Crippen LogP contribution in [0.1, 0.15) is 30.1 Å². The van der Waals surface area contributed by atoms with E-state index in [-0.39, 0.29) is 24.3 Å². The Labute approximate surface area is 155 Å². The molecule has 0 saturated carbocycles. The third-order valence-corrected chi connectivity index (χ3v) is 4.62. The molecule has 2 rings (SSSR count). The maximum Gasteiger partial charge on any atom is 0.310 e. The normalized spacial score (nSPS) is 17.6. The molecule has 0 bridgehead atoms. The molecular weight excluding hydrogens is 390 g/mol. The summed E-state index contributed by atoms with van der Waals surface area (Å²) in [5.41, 5.74) is 5.24. The first-order valence-electron chi connectivity index (χ1n) is 8.24. The molecule has 1 atom stereocenters. The summed E-state index contributed by atoms with van der Waals surface area (Å²) in [6.45, 7) is 3.48. The van der Waals surface area contributed by atoms with Crippen molar-refractivity contribution in [3.63, 3.8) is 0 Å². The fourth-order valence-electron chi connectivity index (χ4n) is 2.73. The van der Waals surface area contributed by atoms with E-state index in [0.29, 0.717) is 23.2 Å². The second kappa shape index (κ2) is 9.53. The van der Waals surface area contributed by atoms with Gasteiger partial charge in [-0.05, 0) is 54.4 Å². The molecule has 0 spiro atoms. The Morgan fingerprint density at radius 1 is 1.28 bits per heavy atom. The number of carbonyl (C=O) groups is 3. The molecule has 8 heteroatoms. The van der Waals surface area contributed by atoms with Gasteiger partial charge in [0.25, 0.3) is 11.8 Å². The standard InChI is InChI=1S/C17H22BrN3O4/c1-2-25-17(24)12-6-5-9-21(10-12)11-15(22)19-20-16(23)13-7-3-4-8-14(13)18/h3-4,7-8,12H,2,5-6,9-11H2,1H3,(H,19,22)(H,20,23)/t12-/m1/s1. The van der Waals surface area contributed by atoms with Gasteiger partial charge >= 0.3 is 5.97 Å². The minimum Gasteiger partial charge on any atom is -0.466 e. The molecule has 1 aromatic rings. The number of hydrazine groups is 1. The maximum absolute atomic E-state index is 12.0. The highest BCUT2D eigenvalue weighted by Gasteiger charge is 2.27. The van der Waals surface area contributed by atoms with Crippen molar-refractivity contribution in [2.45, 2.75) is 19.8 Å². The van der Waals surface area contributed by atoms with E-state index in [1.54, 1.807) is 31.2 Å². The van der Waals surface area contributed by atoms with E-state index in [9.17, 15) is 14.4 Å². The number of rotatable bonds is 5. The van der Waals surface area contributed by atoms with Crippen molar-refractivity contribution in [1.29, 1.82) is 0 Å². The highest BCUT2D eigenvalue weighted by atomic mass is 79.9. The first-order valence-corrected chi connectivity index (χ1v) is 9.03. The Hall–Kier alpha value is -1.93. The zero-order valence-corrected chi connectivity index (χ0v) is 15.7. The van der Waals surface area contributed by atoms with Crippen molar-refractivity contribution in [3.8, 4) is 0 Å². The van der Waals surface area contributed by atoms with E-state index in [2.05, 4.69) is 26.8 Å². The topological polar surface area (TPSA) is 87.7 Å². The largest absolute Gasteiger partial charge is 0.466 e. The second-order valence-electron chi connectivity index (χ2n) is 5.81. The summed E-state index contributed by atoms with van der Waals surface area (Å²) < 4.78 is 5.69. The van der Waals surface area contributed by atoms with Crippen LogP contribution >= 0.6 is 15.9 Å². The van der Waals surface area contributed by atoms with Crippen LogP contribution in [0.4, 0.5) is 0 Å². The van der Waals surface area contributed by atoms with E-state index in [0.717, 1.165) is 19.4 Å². The molecule has 25 heavy (non-hydrogen) atoms. The molecule has 7 nitrogen and oxygen atoms in total. The van der Waals surface area contributed by atoms with Crippen molar-refractivity contribution in [1.82, 2.24) is 15.8 Å². The smallest absolute Gasteiger partial charge is 0.310 e. The van der Waals surface area contributed by atoms with Crippen LogP contribution in [-0.2, 0) is 14.3 Å². The summed E-state index contributed by atoms with van der Waals surface area (Å²) in [4.78, 5) is 37.8. The molecule has 1 aliphatic heterocycles. The third kappa shape index (κ3) is 5.82. The monoisotopic (exact) mass is 411 g/mol. The predicted molar refractivity (Wildman–Crippen MR) is 95.5 cm³/mol. The van der Waals surface area contributed by atoms with Crippen LogP contribution in [-0.4, -0.2) is 48.9 Å². The number of hydrogen-bond donors (Lipinski definition) is 2. The molecule has 0 aromatic heterocycles. The molecule has 1 fully saturated rings. The van der Waals surface area contributed by atoms with Gasteiger partial charge in [0.1, 0.15) is 0 Å². The van der Waals surface area contributed by atoms with E-state index >= 15 is 0 Å². The van der Waals surface area contributed by atoms with Gasteiger partial charge in [-0.1, -0.05) is 12.1 Å². The van der Waals surface area contributed by atoms with Crippen LogP contribution in [0.15, 0.2) is 28.7 Å². The highest BCUT2D eigenvalue weighted by molar-refractivity contribution is 9.10. The summed E-state index contributed by atoms with van der Waals surface area (Å²) in [6.07, 6.45) is 1.61. The van der Waals surface area contributed by atoms with Gasteiger partial charge in [-0.25, -0.2) is 0 Å². The lowest BCUT2D eigenvalue weighted by Gasteiger charge is -2.30. The lowest BCUT2D eigenvalue weighted by Crippen LogP contribution is -2.49. The Morgan fingerprint density at radius 2 is 2.04 bits per heavy atom. The lowest BCUT2D eigenvalue weighted by molar-refractivity contribution is -0.150. The van der Waals surface area contributed by atoms with Gasteiger partial charge in [0.2, 0.25) is 0 Å². The first-order chi connectivity index (χ1) is 12.0. The SMILES string of the molecule is CCOC(=O)[C@@H]1CCCN(CC(=O)NNC(=O)c2ccccc2Br)C1. The Balaban J connectivity index is 1.79. The van der Waals surface area contributed by atoms with Gasteiger partial charge < -0.3 is 4.74 Å². The van der Waals surface area contributed by atoms with Crippen LogP contribution < -0.4 is 10.9 Å². The number of benzene rings is 1. The van der Waals surface area contributed by atoms with Gasteiger partial charge in [0.15, 0.2) is 0 Å². The number of esters is 1. The van der Waals surface area contributed by atoms with Crippen LogP contribution in [0.5, 0.6) is 0 Å². The van der Waals surface area contributed by atoms with Crippen molar-refractivity contribution >= 4 is 33.7 Å². The van der Waals surface area contributed by atoms with Gasteiger partial charge in [-0.2, -0.15) is 0 Å². The number of piperidine rings is 1. The minimum atomic E-state index is -0.399. The average molecular weight is 412 g/mol. The average Bonchev–Trinajstić information content (AvgIpc) is 2.60. The van der Waals surface area contributed by atoms with Crippen LogP contribution in [0, 0.1) is 5.92 Å². The first kappa shape index (κ1) is 19.4. The molecular formula is C17H22BrN3O4. The molecule has 0 aliphatic carbocycles. The fourth-order valence-corrected chi connectivity index (χ4v) is 3.20. The van der Waals surface area contributed by atoms with Crippen molar-refractivity contribution in [2.75, 3.05) is 26.2 Å². The number of carbonyl (C=O) groups excluding carboxylic acids is 3. The molecule has 1 aliphatic rings. The number of nitrogens with one attached hydrogen (secondary N) is 2. The van der Waals surface area contributed by atoms with E-state index in [4.69, 9.17) is 4.74 Å². The molecule has 2 N–H and O–H groups in total. The Kier molecular flexibility index (Phi) is 7.39. The van der Waals surface area contributed by atoms with E-state index in [1.165, 1.54) is 0 Å². The number of likely N-dealkylation sites (tertiary alicyclic amines) is 1. The van der Waals surface area contributed by atoms with Crippen LogP contribution in [0.25, 0.3) is 0 Å². The summed E-state index contributed by atoms with van der Waals surface area (Å²) in [5, 5.41) is 0. The molecule has 0 radical (unpaired) electrons. The van der Waals surface area contributed by atoms with Crippen molar-refractivity contribution in [3.05, 3.63) is 34.3 Å². The molecule has 1 saturated heterocycles. The third-order valence-electron chi connectivity index (χ3n) is 3.93. The second-order valence-corrected chi connectivity index (χ2v) is 6.66. The van der Waals surface area contributed by atoms with E-state index < -0.39 is 5.91 Å². The summed E-state index contributed by atoms with van der Waals surface area (Å²) >= 11 is 3.29. The van der Waals surface area contributed by atoms with Crippen molar-refractivity contribution in [2.24, 2.45) is 5.92 Å². The van der Waals surface area contributed by atoms with Crippen LogP contribution in [0.2, 0.25) is 0 Å². The number of amides is 2. The summed E-state index contributed by atoms with van der Waals surface area (Å²) in [6, 6.07) is 6.95. The van der Waals surface area contributed by atoms with Gasteiger partial charge in [-0.15, -0.1) is 0 Å². The Bertz CT molecular complexity index is 638. The Morgan fingerprint density at radius 3 is 2.76 bits per heavy atom. The number of hydrogen-bond acceptors (Lipinski definition) is 5. The zero-order valence-electron chi connectivity index (χ0n) is 14.1. The maximum atomic E-state index is 12.0. The number of ether oxygens (including phenoxy) is 1. The predicted octanol–water partition coefficient (Wildman–Crippen LogP) is 1.49. The quantitative estimate of drug-likeness (QED) is 0.565. The molecule has 0 unspecified atom stereocenters. The molecule has 1 heterocycles. The number of halogens is 1. The van der Waals surface area contributed by atoms with E-state index in [1.807, 2.05) is 4.90 Å². The number of nitrogens with zero attached hydrogens (tertiary/aromatic N) is 1. The fraction of sp³-hybridized carbons (Fsp3) is 0.471. The molecule has 136 valence electrons. The summed E-state index contributed by atoms with van der Waals surface area (Å²) in [7, 11) is 0. The molecule has 1 aromatic carbocycles. The van der Waals surface area contributed by atoms with Gasteiger partial charge in [-0.3, -0.25) is 30.1 Å². The zero-order chi connectivity index (χ0) is 18.2. The minimum absolute atomic E-state index is 0.117. The summed E-state index contributed by atoms with van der Waals surface area (Å²) in [5.74, 6) is -1.14. The van der Waals surface area contributed by atoms with Gasteiger partial charge in [0, 0.05) is 11.0 Å². The van der Waals surface area contributed by atoms with Crippen LogP contribution in [0.3, 0.4) is 0 Å². The highest BCUT2D eigenvalue weighted by Crippen LogP contribution is 2.17. The molecule has 2 amide bonds. The lowest BCUT2D eigenvalue weighted by atomic mass is 9.98.